The van der Waals surface area contributed by atoms with Crippen molar-refractivity contribution >= 4 is 17.4 Å². The summed E-state index contributed by atoms with van der Waals surface area (Å²) in [6, 6.07) is 4.04. The van der Waals surface area contributed by atoms with Gasteiger partial charge in [-0.2, -0.15) is 0 Å². The smallest absolute Gasteiger partial charge is 0.274 e. The average molecular weight is 336 g/mol. The minimum atomic E-state index is -0.0425. The van der Waals surface area contributed by atoms with E-state index in [1.165, 1.54) is 6.20 Å². The lowest BCUT2D eigenvalue weighted by Gasteiger charge is -2.14. The number of hydrogen-bond donors (Lipinski definition) is 1. The van der Waals surface area contributed by atoms with Crippen LogP contribution in [-0.2, 0) is 6.54 Å². The molecule has 0 bridgehead atoms. The zero-order chi connectivity index (χ0) is 17.2. The SMILES string of the molecule is Cc1cccn2c(CNc3cncc(C(=O)N4CCCC4)n3)cnc12. The number of anilines is 1. The molecule has 0 radical (unpaired) electrons. The molecule has 1 amide bonds. The number of aromatic nitrogens is 4. The normalized spacial score (nSPS) is 14.2. The summed E-state index contributed by atoms with van der Waals surface area (Å²) in [5.74, 6) is 0.548. The van der Waals surface area contributed by atoms with Gasteiger partial charge in [0, 0.05) is 19.3 Å². The first-order chi connectivity index (χ1) is 12.2. The summed E-state index contributed by atoms with van der Waals surface area (Å²) < 4.78 is 2.05. The number of rotatable bonds is 4. The fraction of sp³-hybridized carbons (Fsp3) is 0.333. The van der Waals surface area contributed by atoms with Gasteiger partial charge in [0.25, 0.3) is 5.91 Å². The van der Waals surface area contributed by atoms with Crippen LogP contribution in [0, 0.1) is 6.92 Å². The van der Waals surface area contributed by atoms with Crippen molar-refractivity contribution in [2.75, 3.05) is 18.4 Å². The van der Waals surface area contributed by atoms with Crippen molar-refractivity contribution in [1.82, 2.24) is 24.3 Å². The third kappa shape index (κ3) is 3.05. The molecule has 1 fully saturated rings. The van der Waals surface area contributed by atoms with Crippen LogP contribution in [0.4, 0.5) is 5.82 Å². The van der Waals surface area contributed by atoms with E-state index in [9.17, 15) is 4.79 Å². The Bertz CT molecular complexity index is 913. The molecule has 3 aromatic rings. The highest BCUT2D eigenvalue weighted by atomic mass is 16.2. The summed E-state index contributed by atoms with van der Waals surface area (Å²) in [4.78, 5) is 27.3. The number of carbonyl (C=O) groups excluding carboxylic acids is 1. The lowest BCUT2D eigenvalue weighted by molar-refractivity contribution is 0.0786. The molecule has 3 aromatic heterocycles. The first kappa shape index (κ1) is 15.6. The molecular weight excluding hydrogens is 316 g/mol. The second kappa shape index (κ2) is 6.51. The minimum absolute atomic E-state index is 0.0425. The van der Waals surface area contributed by atoms with E-state index in [1.807, 2.05) is 36.4 Å². The van der Waals surface area contributed by atoms with Gasteiger partial charge in [-0.25, -0.2) is 9.97 Å². The van der Waals surface area contributed by atoms with Gasteiger partial charge >= 0.3 is 0 Å². The molecule has 1 saturated heterocycles. The second-order valence-electron chi connectivity index (χ2n) is 6.28. The molecule has 1 N–H and O–H groups in total. The third-order valence-corrected chi connectivity index (χ3v) is 4.51. The van der Waals surface area contributed by atoms with Gasteiger partial charge in [-0.05, 0) is 31.4 Å². The highest BCUT2D eigenvalue weighted by molar-refractivity contribution is 5.92. The number of pyridine rings is 1. The number of nitrogens with one attached hydrogen (secondary N) is 1. The van der Waals surface area contributed by atoms with E-state index in [1.54, 1.807) is 6.20 Å². The number of aryl methyl sites for hydroxylation is 1. The first-order valence-corrected chi connectivity index (χ1v) is 8.49. The molecule has 0 aliphatic carbocycles. The maximum Gasteiger partial charge on any atom is 0.274 e. The Kier molecular flexibility index (Phi) is 4.05. The van der Waals surface area contributed by atoms with Gasteiger partial charge in [-0.1, -0.05) is 6.07 Å². The highest BCUT2D eigenvalue weighted by Crippen LogP contribution is 2.14. The molecule has 128 valence electrons. The van der Waals surface area contributed by atoms with E-state index in [-0.39, 0.29) is 5.91 Å². The van der Waals surface area contributed by atoms with Crippen molar-refractivity contribution in [1.29, 1.82) is 0 Å². The number of nitrogens with zero attached hydrogens (tertiary/aromatic N) is 5. The Morgan fingerprint density at radius 3 is 2.92 bits per heavy atom. The molecule has 25 heavy (non-hydrogen) atoms. The Morgan fingerprint density at radius 2 is 2.08 bits per heavy atom. The largest absolute Gasteiger partial charge is 0.363 e. The van der Waals surface area contributed by atoms with Crippen LogP contribution in [0.5, 0.6) is 0 Å². The van der Waals surface area contributed by atoms with Gasteiger partial charge in [0.2, 0.25) is 0 Å². The molecule has 7 nitrogen and oxygen atoms in total. The van der Waals surface area contributed by atoms with E-state index in [2.05, 4.69) is 24.7 Å². The number of amides is 1. The molecule has 1 aliphatic rings. The van der Waals surface area contributed by atoms with Crippen LogP contribution in [0.1, 0.15) is 34.6 Å². The third-order valence-electron chi connectivity index (χ3n) is 4.51. The van der Waals surface area contributed by atoms with Crippen LogP contribution < -0.4 is 5.32 Å². The number of carbonyl (C=O) groups is 1. The number of likely N-dealkylation sites (tertiary alicyclic amines) is 1. The van der Waals surface area contributed by atoms with Gasteiger partial charge in [0.05, 0.1) is 30.8 Å². The number of hydrogen-bond acceptors (Lipinski definition) is 5. The number of imidazole rings is 1. The summed E-state index contributed by atoms with van der Waals surface area (Å²) in [7, 11) is 0. The van der Waals surface area contributed by atoms with E-state index >= 15 is 0 Å². The van der Waals surface area contributed by atoms with Crippen LogP contribution in [0.3, 0.4) is 0 Å². The lowest BCUT2D eigenvalue weighted by Crippen LogP contribution is -2.28. The zero-order valence-electron chi connectivity index (χ0n) is 14.1. The summed E-state index contributed by atoms with van der Waals surface area (Å²) in [5.41, 5.74) is 3.49. The fourth-order valence-electron chi connectivity index (χ4n) is 3.15. The molecule has 1 aliphatic heterocycles. The van der Waals surface area contributed by atoms with Crippen molar-refractivity contribution in [3.63, 3.8) is 0 Å². The number of fused-ring (bicyclic) bond motifs is 1. The molecule has 7 heteroatoms. The van der Waals surface area contributed by atoms with Gasteiger partial charge in [-0.15, -0.1) is 0 Å². The summed E-state index contributed by atoms with van der Waals surface area (Å²) in [6.07, 6.45) is 9.13. The molecule has 4 rings (SSSR count). The first-order valence-electron chi connectivity index (χ1n) is 8.49. The van der Waals surface area contributed by atoms with E-state index in [4.69, 9.17) is 0 Å². The molecular formula is C18H20N6O. The Morgan fingerprint density at radius 1 is 1.24 bits per heavy atom. The van der Waals surface area contributed by atoms with Crippen LogP contribution in [0.15, 0.2) is 36.9 Å². The van der Waals surface area contributed by atoms with E-state index in [0.29, 0.717) is 18.1 Å². The van der Waals surface area contributed by atoms with Crippen LogP contribution in [0.2, 0.25) is 0 Å². The van der Waals surface area contributed by atoms with Crippen molar-refractivity contribution in [3.8, 4) is 0 Å². The molecule has 0 atom stereocenters. The Hall–Kier alpha value is -2.96. The standard InChI is InChI=1S/C18H20N6O/c1-13-5-4-8-24-14(10-21-17(13)24)9-20-16-12-19-11-15(22-16)18(25)23-6-2-3-7-23/h4-5,8,10-12H,2-3,6-7,9H2,1H3,(H,20,22). The molecule has 4 heterocycles. The Labute approximate surface area is 145 Å². The van der Waals surface area contributed by atoms with Gasteiger partial charge in [0.15, 0.2) is 0 Å². The molecule has 0 aromatic carbocycles. The minimum Gasteiger partial charge on any atom is -0.363 e. The molecule has 0 saturated carbocycles. The van der Waals surface area contributed by atoms with E-state index in [0.717, 1.165) is 42.8 Å². The maximum absolute atomic E-state index is 12.4. The van der Waals surface area contributed by atoms with Crippen LogP contribution in [-0.4, -0.2) is 43.2 Å². The van der Waals surface area contributed by atoms with Gasteiger partial charge in [0.1, 0.15) is 17.2 Å². The fourth-order valence-corrected chi connectivity index (χ4v) is 3.15. The predicted molar refractivity (Wildman–Crippen MR) is 94.4 cm³/mol. The Balaban J connectivity index is 1.50. The predicted octanol–water partition coefficient (Wildman–Crippen LogP) is 2.28. The summed E-state index contributed by atoms with van der Waals surface area (Å²) in [5, 5.41) is 3.24. The molecule has 0 unspecified atom stereocenters. The van der Waals surface area contributed by atoms with Gasteiger partial charge < -0.3 is 14.6 Å². The van der Waals surface area contributed by atoms with Crippen molar-refractivity contribution in [2.45, 2.75) is 26.3 Å². The molecule has 0 spiro atoms. The monoisotopic (exact) mass is 336 g/mol. The van der Waals surface area contributed by atoms with Crippen molar-refractivity contribution < 1.29 is 4.79 Å². The second-order valence-corrected chi connectivity index (χ2v) is 6.28. The topological polar surface area (TPSA) is 75.4 Å². The van der Waals surface area contributed by atoms with E-state index < -0.39 is 0 Å². The zero-order valence-corrected chi connectivity index (χ0v) is 14.1. The van der Waals surface area contributed by atoms with Crippen LogP contribution in [0.25, 0.3) is 5.65 Å². The highest BCUT2D eigenvalue weighted by Gasteiger charge is 2.21. The summed E-state index contributed by atoms with van der Waals surface area (Å²) >= 11 is 0. The average Bonchev–Trinajstić information content (AvgIpc) is 3.30. The van der Waals surface area contributed by atoms with Crippen molar-refractivity contribution in [3.05, 3.63) is 53.9 Å². The maximum atomic E-state index is 12.4. The van der Waals surface area contributed by atoms with Crippen LogP contribution >= 0.6 is 0 Å². The quantitative estimate of drug-likeness (QED) is 0.791. The lowest BCUT2D eigenvalue weighted by atomic mass is 10.3. The van der Waals surface area contributed by atoms with Crippen molar-refractivity contribution in [2.24, 2.45) is 0 Å². The summed E-state index contributed by atoms with van der Waals surface area (Å²) in [6.45, 7) is 4.21. The van der Waals surface area contributed by atoms with Gasteiger partial charge in [-0.3, -0.25) is 9.78 Å².